The summed E-state index contributed by atoms with van der Waals surface area (Å²) >= 11 is 0. The number of pyridine rings is 5. The van der Waals surface area contributed by atoms with E-state index in [0.717, 1.165) is 18.3 Å². The molecule has 0 amide bonds. The molecule has 2 saturated carbocycles. The van der Waals surface area contributed by atoms with Crippen LogP contribution in [0.3, 0.4) is 0 Å². The molecule has 5 aromatic heterocycles. The smallest absolute Gasteiger partial charge is 0.201 e. The molecule has 0 N–H and O–H groups in total. The highest BCUT2D eigenvalue weighted by molar-refractivity contribution is 5.69. The highest BCUT2D eigenvalue weighted by Gasteiger charge is 2.25. The summed E-state index contributed by atoms with van der Waals surface area (Å²) in [5.41, 5.74) is 41.1. The normalized spacial score (nSPS) is 13.0. The molecule has 5 heterocycles. The summed E-state index contributed by atoms with van der Waals surface area (Å²) < 4.78 is 11.3. The summed E-state index contributed by atoms with van der Waals surface area (Å²) in [5.74, 6) is 2.27. The fourth-order valence-corrected chi connectivity index (χ4v) is 15.5. The summed E-state index contributed by atoms with van der Waals surface area (Å²) in [6, 6.07) is 50.1. The van der Waals surface area contributed by atoms with Crippen LogP contribution in [0.1, 0.15) is 221 Å². The third kappa shape index (κ3) is 18.3. The van der Waals surface area contributed by atoms with Crippen LogP contribution in [0.15, 0.2) is 152 Å². The molecule has 2 fully saturated rings. The fraction of sp³-hybridized carbons (Fsp3) is 0.415. The highest BCUT2D eigenvalue weighted by Crippen LogP contribution is 2.38. The first-order valence-electron chi connectivity index (χ1n) is 37.5. The van der Waals surface area contributed by atoms with Gasteiger partial charge in [-0.15, -0.1) is 0 Å². The van der Waals surface area contributed by atoms with Gasteiger partial charge in [-0.25, -0.2) is 13.7 Å². The van der Waals surface area contributed by atoms with E-state index in [9.17, 15) is 0 Å². The second-order valence-electron chi connectivity index (χ2n) is 29.7. The van der Waals surface area contributed by atoms with Crippen LogP contribution in [0.2, 0.25) is 0 Å². The Morgan fingerprint density at radius 2 is 0.677 bits per heavy atom. The van der Waals surface area contributed by atoms with Crippen LogP contribution in [0, 0.1) is 111 Å². The molecule has 5 heteroatoms. The van der Waals surface area contributed by atoms with Gasteiger partial charge >= 0.3 is 0 Å². The summed E-state index contributed by atoms with van der Waals surface area (Å²) in [6.45, 7) is 42.0. The van der Waals surface area contributed by atoms with E-state index in [1.165, 1.54) is 227 Å². The zero-order valence-electron chi connectivity index (χ0n) is 65.9. The second-order valence-corrected chi connectivity index (χ2v) is 29.7. The third-order valence-corrected chi connectivity index (χ3v) is 22.9. The number of hydrogen-bond acceptors (Lipinski definition) is 0. The second kappa shape index (κ2) is 34.8. The summed E-state index contributed by atoms with van der Waals surface area (Å²) in [5, 5.41) is 0. The summed E-state index contributed by atoms with van der Waals surface area (Å²) in [4.78, 5) is 0. The van der Waals surface area contributed by atoms with E-state index in [-0.39, 0.29) is 0 Å². The Balaban J connectivity index is 0.000000158. The van der Waals surface area contributed by atoms with Crippen LogP contribution in [-0.4, -0.2) is 0 Å². The number of rotatable bonds is 11. The number of nitrogens with zero attached hydrogens (tertiary/aromatic N) is 5. The first-order chi connectivity index (χ1) is 47.2. The molecule has 0 spiro atoms. The van der Waals surface area contributed by atoms with Crippen LogP contribution in [0.4, 0.5) is 0 Å². The van der Waals surface area contributed by atoms with Crippen molar-refractivity contribution < 1.29 is 22.8 Å². The zero-order chi connectivity index (χ0) is 72.1. The molecule has 0 aliphatic heterocycles. The molecule has 99 heavy (non-hydrogen) atoms. The van der Waals surface area contributed by atoms with Crippen molar-refractivity contribution in [3.63, 3.8) is 0 Å². The molecule has 0 atom stereocenters. The van der Waals surface area contributed by atoms with Gasteiger partial charge in [-0.3, -0.25) is 0 Å². The van der Waals surface area contributed by atoms with Gasteiger partial charge in [-0.2, -0.15) is 9.13 Å². The van der Waals surface area contributed by atoms with Crippen molar-refractivity contribution in [2.75, 3.05) is 0 Å². The zero-order valence-corrected chi connectivity index (χ0v) is 65.9. The number of aromatic nitrogens is 5. The lowest BCUT2D eigenvalue weighted by atomic mass is 9.83. The minimum Gasteiger partial charge on any atom is -0.201 e. The minimum absolute atomic E-state index is 0.685. The largest absolute Gasteiger partial charge is 0.215 e. The molecule has 5 nitrogen and oxygen atoms in total. The van der Waals surface area contributed by atoms with Gasteiger partial charge in [0.15, 0.2) is 30.0 Å². The molecule has 5 aromatic carbocycles. The molecule has 520 valence electrons. The molecule has 0 bridgehead atoms. The lowest BCUT2D eigenvalue weighted by Crippen LogP contribution is -2.35. The molecular formula is C94H124N5+5. The standard InChI is InChI=1S/C21H28N.C20H26N.C20H28N.C17H22N.C16H20N/c1-15-12-13-22(4)21(17(15)3)20-11-10-19(14-16(20)2)18-8-6-5-7-9-18;1-14-11-12-21(4)20(16(14)3)19-10-9-18(13-15(19)2)17-7-5-6-8-17;1-7-17(8-2)18-9-10-19(15(4)13-18)20-16(5)14(3)11-12-21(20)6;1-6-15-8-9-16(13(3)11-15)17-10-7-12(2)14(4)18(17)5;1-11-6-8-15(13(3)10-11)16-9-7-12(2)14(4)17(16)5/h10-14,18H,5-9H2,1-4H3;9-13,17H,5-8H2,1-4H3;9-13,17H,7-8H2,1-6H3;7-11H,6H2,1-5H3;6-10H,1-5H3/q5*+1. The van der Waals surface area contributed by atoms with E-state index < -0.39 is 0 Å². The van der Waals surface area contributed by atoms with Crippen molar-refractivity contribution in [1.29, 1.82) is 0 Å². The van der Waals surface area contributed by atoms with Crippen LogP contribution in [0.25, 0.3) is 56.3 Å². The Bertz CT molecular complexity index is 4340. The van der Waals surface area contributed by atoms with E-state index in [1.807, 2.05) is 0 Å². The van der Waals surface area contributed by atoms with Crippen LogP contribution in [0.5, 0.6) is 0 Å². The van der Waals surface area contributed by atoms with Gasteiger partial charge in [0.25, 0.3) is 0 Å². The molecule has 2 aliphatic rings. The first kappa shape index (κ1) is 76.6. The minimum atomic E-state index is 0.685. The summed E-state index contributed by atoms with van der Waals surface area (Å²) in [7, 11) is 10.7. The maximum absolute atomic E-state index is 2.44. The van der Waals surface area contributed by atoms with Crippen molar-refractivity contribution in [3.05, 3.63) is 264 Å². The van der Waals surface area contributed by atoms with Gasteiger partial charge in [0.2, 0.25) is 28.5 Å². The topological polar surface area (TPSA) is 19.4 Å². The van der Waals surface area contributed by atoms with Crippen LogP contribution >= 0.6 is 0 Å². The van der Waals surface area contributed by atoms with Crippen molar-refractivity contribution in [2.24, 2.45) is 35.2 Å². The SMILES string of the molecule is CCC(CC)c1ccc(-c2c(C)c(C)cc[n+]2C)c(C)c1.CCc1ccc(-c2ccc(C)c(C)[n+]2C)c(C)c1.Cc1cc(C2CCCC2)ccc1-c1c(C)c(C)cc[n+]1C.Cc1cc(C2CCCCC2)ccc1-c1c(C)c(C)cc[n+]1C.Cc1ccc(-c2ccc(C)c(C)[n+]2C)c(C)c1. The van der Waals surface area contributed by atoms with E-state index in [1.54, 1.807) is 11.1 Å². The Hall–Kier alpha value is -8.15. The monoisotopic (exact) mass is 1320 g/mol. The van der Waals surface area contributed by atoms with E-state index >= 15 is 0 Å². The van der Waals surface area contributed by atoms with Crippen LogP contribution in [-0.2, 0) is 41.7 Å². The Morgan fingerprint density at radius 1 is 0.323 bits per heavy atom. The van der Waals surface area contributed by atoms with Gasteiger partial charge in [0.05, 0.1) is 0 Å². The fourth-order valence-electron chi connectivity index (χ4n) is 15.5. The lowest BCUT2D eigenvalue weighted by molar-refractivity contribution is -0.667. The van der Waals surface area contributed by atoms with Gasteiger partial charge in [-0.05, 0) is 269 Å². The predicted molar refractivity (Wildman–Crippen MR) is 421 cm³/mol. The Morgan fingerprint density at radius 3 is 1.04 bits per heavy atom. The van der Waals surface area contributed by atoms with Crippen molar-refractivity contribution >= 4 is 0 Å². The van der Waals surface area contributed by atoms with Crippen LogP contribution < -0.4 is 22.8 Å². The molecule has 10 aromatic rings. The number of aryl methyl sites for hydroxylation is 15. The number of hydrogen-bond donors (Lipinski definition) is 0. The quantitative estimate of drug-likeness (QED) is 0.115. The average Bonchev–Trinajstić information content (AvgIpc) is 1.27. The summed E-state index contributed by atoms with van der Waals surface area (Å²) in [6.07, 6.45) is 22.5. The maximum atomic E-state index is 2.44. The predicted octanol–water partition coefficient (Wildman–Crippen LogP) is 22.0. The van der Waals surface area contributed by atoms with Crippen molar-refractivity contribution in [2.45, 2.75) is 226 Å². The third-order valence-electron chi connectivity index (χ3n) is 22.9. The molecule has 0 unspecified atom stereocenters. The van der Waals surface area contributed by atoms with Gasteiger partial charge in [-0.1, -0.05) is 119 Å². The van der Waals surface area contributed by atoms with E-state index in [2.05, 4.69) is 342 Å². The highest BCUT2D eigenvalue weighted by atomic mass is 15.0. The van der Waals surface area contributed by atoms with Crippen molar-refractivity contribution in [1.82, 2.24) is 0 Å². The van der Waals surface area contributed by atoms with E-state index in [4.69, 9.17) is 0 Å². The Kier molecular flexibility index (Phi) is 26.9. The van der Waals surface area contributed by atoms with Crippen molar-refractivity contribution in [3.8, 4) is 56.3 Å². The van der Waals surface area contributed by atoms with E-state index in [0.29, 0.717) is 5.92 Å². The number of benzene rings is 5. The van der Waals surface area contributed by atoms with Gasteiger partial charge < -0.3 is 0 Å². The average molecular weight is 1320 g/mol. The molecule has 2 aliphatic carbocycles. The Labute approximate surface area is 600 Å². The molecular weight excluding hydrogens is 1200 g/mol. The molecule has 0 radical (unpaired) electrons. The molecule has 12 rings (SSSR count). The molecule has 0 saturated heterocycles. The first-order valence-corrected chi connectivity index (χ1v) is 37.5. The van der Waals surface area contributed by atoms with Gasteiger partial charge in [0.1, 0.15) is 35.2 Å². The lowest BCUT2D eigenvalue weighted by Gasteiger charge is -2.22. The van der Waals surface area contributed by atoms with Gasteiger partial charge in [0, 0.05) is 99.8 Å². The maximum Gasteiger partial charge on any atom is 0.215 e.